The Morgan fingerprint density at radius 2 is 1.89 bits per heavy atom. The zero-order valence-corrected chi connectivity index (χ0v) is 15.8. The van der Waals surface area contributed by atoms with Gasteiger partial charge in [0.25, 0.3) is 5.91 Å². The van der Waals surface area contributed by atoms with Crippen LogP contribution in [0.4, 0.5) is 8.78 Å². The van der Waals surface area contributed by atoms with Crippen molar-refractivity contribution in [3.05, 3.63) is 76.6 Å². The van der Waals surface area contributed by atoms with Gasteiger partial charge in [-0.3, -0.25) is 4.79 Å². The van der Waals surface area contributed by atoms with Crippen LogP contribution in [0, 0.1) is 11.6 Å². The number of carbonyl (C=O) groups is 1. The number of thiazole rings is 1. The third-order valence-electron chi connectivity index (χ3n) is 4.41. The van der Waals surface area contributed by atoms with Crippen LogP contribution >= 0.6 is 11.3 Å². The molecule has 7 heteroatoms. The zero-order chi connectivity index (χ0) is 19.7. The number of hydrogen-bond acceptors (Lipinski definition) is 3. The van der Waals surface area contributed by atoms with Crippen LogP contribution in [-0.2, 0) is 11.3 Å². The van der Waals surface area contributed by atoms with Crippen LogP contribution < -0.4 is 4.80 Å². The van der Waals surface area contributed by atoms with E-state index in [0.29, 0.717) is 28.2 Å². The summed E-state index contributed by atoms with van der Waals surface area (Å²) in [6, 6.07) is 15.1. The van der Waals surface area contributed by atoms with Gasteiger partial charge in [-0.05, 0) is 29.0 Å². The molecule has 0 atom stereocenters. The predicted molar refractivity (Wildman–Crippen MR) is 105 cm³/mol. The number of hydrogen-bond donors (Lipinski definition) is 0. The molecule has 0 bridgehead atoms. The monoisotopic (exact) mass is 398 g/mol. The molecule has 0 aliphatic carbocycles. The molecule has 0 aliphatic heterocycles. The first kappa shape index (κ1) is 18.5. The zero-order valence-electron chi connectivity index (χ0n) is 15.0. The van der Waals surface area contributed by atoms with Crippen molar-refractivity contribution in [2.24, 2.45) is 4.99 Å². The second-order valence-corrected chi connectivity index (χ2v) is 7.25. The van der Waals surface area contributed by atoms with Gasteiger partial charge in [-0.15, -0.1) is 0 Å². The van der Waals surface area contributed by atoms with Crippen LogP contribution in [0.25, 0.3) is 21.0 Å². The molecule has 4 aromatic rings. The standard InChI is InChI=1S/C21H16F2N2O2S/c1-27-9-8-25-19-17(23)11-16(22)12-18(19)28-21(25)24-20(26)15-7-6-13-4-2-3-5-14(13)10-15/h2-7,10-12H,8-9H2,1H3. The van der Waals surface area contributed by atoms with Crippen molar-refractivity contribution in [1.29, 1.82) is 0 Å². The van der Waals surface area contributed by atoms with Crippen molar-refractivity contribution in [2.75, 3.05) is 13.7 Å². The molecule has 0 spiro atoms. The first-order valence-corrected chi connectivity index (χ1v) is 9.43. The van der Waals surface area contributed by atoms with Gasteiger partial charge in [-0.2, -0.15) is 4.99 Å². The van der Waals surface area contributed by atoms with Crippen LogP contribution in [0.2, 0.25) is 0 Å². The van der Waals surface area contributed by atoms with E-state index in [0.717, 1.165) is 28.2 Å². The Labute approximate surface area is 163 Å². The third-order valence-corrected chi connectivity index (χ3v) is 5.43. The van der Waals surface area contributed by atoms with Gasteiger partial charge in [0.1, 0.15) is 5.82 Å². The SMILES string of the molecule is COCCn1c(=NC(=O)c2ccc3ccccc3c2)sc2cc(F)cc(F)c21. The molecule has 3 aromatic carbocycles. The molecule has 0 fully saturated rings. The predicted octanol–water partition coefficient (Wildman–Crippen LogP) is 4.52. The number of amides is 1. The minimum Gasteiger partial charge on any atom is -0.383 e. The topological polar surface area (TPSA) is 43.6 Å². The summed E-state index contributed by atoms with van der Waals surface area (Å²) in [5.41, 5.74) is 0.648. The molecule has 1 aromatic heterocycles. The summed E-state index contributed by atoms with van der Waals surface area (Å²) in [6.07, 6.45) is 0. The number of methoxy groups -OCH3 is 1. The number of benzene rings is 3. The minimum atomic E-state index is -0.693. The summed E-state index contributed by atoms with van der Waals surface area (Å²) in [5, 5.41) is 1.95. The molecule has 1 heterocycles. The first-order valence-electron chi connectivity index (χ1n) is 8.62. The van der Waals surface area contributed by atoms with Gasteiger partial charge in [0.2, 0.25) is 0 Å². The number of nitrogens with zero attached hydrogens (tertiary/aromatic N) is 2. The molecule has 0 radical (unpaired) electrons. The second-order valence-electron chi connectivity index (χ2n) is 6.24. The molecule has 28 heavy (non-hydrogen) atoms. The molecule has 142 valence electrons. The van der Waals surface area contributed by atoms with Gasteiger partial charge >= 0.3 is 0 Å². The summed E-state index contributed by atoms with van der Waals surface area (Å²) in [4.78, 5) is 17.2. The lowest BCUT2D eigenvalue weighted by Gasteiger charge is -2.05. The van der Waals surface area contributed by atoms with Crippen LogP contribution in [0.1, 0.15) is 10.4 Å². The van der Waals surface area contributed by atoms with Crippen LogP contribution in [0.15, 0.2) is 59.6 Å². The average Bonchev–Trinajstić information content (AvgIpc) is 3.02. The maximum absolute atomic E-state index is 14.4. The van der Waals surface area contributed by atoms with Gasteiger partial charge in [0, 0.05) is 25.3 Å². The second kappa shape index (κ2) is 7.61. The molecule has 0 aliphatic rings. The van der Waals surface area contributed by atoms with Gasteiger partial charge in [0.15, 0.2) is 10.6 Å². The smallest absolute Gasteiger partial charge is 0.279 e. The van der Waals surface area contributed by atoms with Crippen LogP contribution in [0.5, 0.6) is 0 Å². The van der Waals surface area contributed by atoms with Gasteiger partial charge in [-0.1, -0.05) is 41.7 Å². The molecular weight excluding hydrogens is 382 g/mol. The van der Waals surface area contributed by atoms with E-state index in [2.05, 4.69) is 4.99 Å². The summed E-state index contributed by atoms with van der Waals surface area (Å²) in [6.45, 7) is 0.600. The Morgan fingerprint density at radius 3 is 2.68 bits per heavy atom. The van der Waals surface area contributed by atoms with Crippen molar-refractivity contribution >= 4 is 38.2 Å². The summed E-state index contributed by atoms with van der Waals surface area (Å²) < 4.78 is 35.0. The van der Waals surface area contributed by atoms with Crippen molar-refractivity contribution < 1.29 is 18.3 Å². The van der Waals surface area contributed by atoms with E-state index < -0.39 is 17.5 Å². The van der Waals surface area contributed by atoms with E-state index in [-0.39, 0.29) is 5.52 Å². The highest BCUT2D eigenvalue weighted by atomic mass is 32.1. The fourth-order valence-electron chi connectivity index (χ4n) is 3.08. The molecule has 0 unspecified atom stereocenters. The van der Waals surface area contributed by atoms with E-state index in [9.17, 15) is 13.6 Å². The maximum Gasteiger partial charge on any atom is 0.279 e. The van der Waals surface area contributed by atoms with Crippen molar-refractivity contribution in [3.63, 3.8) is 0 Å². The molecule has 4 nitrogen and oxygen atoms in total. The fraction of sp³-hybridized carbons (Fsp3) is 0.143. The molecular formula is C21H16F2N2O2S. The van der Waals surface area contributed by atoms with Gasteiger partial charge < -0.3 is 9.30 Å². The van der Waals surface area contributed by atoms with E-state index in [1.807, 2.05) is 30.3 Å². The highest BCUT2D eigenvalue weighted by Gasteiger charge is 2.14. The molecule has 1 amide bonds. The molecule has 0 saturated heterocycles. The Bertz CT molecular complexity index is 1260. The quantitative estimate of drug-likeness (QED) is 0.507. The number of carbonyl (C=O) groups excluding carboxylic acids is 1. The normalized spacial score (nSPS) is 12.2. The van der Waals surface area contributed by atoms with E-state index in [1.165, 1.54) is 13.2 Å². The third kappa shape index (κ3) is 3.46. The summed E-state index contributed by atoms with van der Waals surface area (Å²) >= 11 is 1.07. The Balaban J connectivity index is 1.84. The lowest BCUT2D eigenvalue weighted by molar-refractivity contribution is 0.0997. The van der Waals surface area contributed by atoms with Crippen molar-refractivity contribution in [3.8, 4) is 0 Å². The highest BCUT2D eigenvalue weighted by Crippen LogP contribution is 2.22. The molecule has 0 N–H and O–H groups in total. The highest BCUT2D eigenvalue weighted by molar-refractivity contribution is 7.16. The van der Waals surface area contributed by atoms with E-state index in [1.54, 1.807) is 16.7 Å². The first-order chi connectivity index (χ1) is 13.6. The van der Waals surface area contributed by atoms with Gasteiger partial charge in [0.05, 0.1) is 16.8 Å². The van der Waals surface area contributed by atoms with Gasteiger partial charge in [-0.25, -0.2) is 8.78 Å². The fourth-order valence-corrected chi connectivity index (χ4v) is 4.17. The largest absolute Gasteiger partial charge is 0.383 e. The number of rotatable bonds is 4. The lowest BCUT2D eigenvalue weighted by atomic mass is 10.1. The Morgan fingerprint density at radius 1 is 1.11 bits per heavy atom. The van der Waals surface area contributed by atoms with Crippen molar-refractivity contribution in [2.45, 2.75) is 6.54 Å². The van der Waals surface area contributed by atoms with E-state index in [4.69, 9.17) is 4.74 Å². The number of aromatic nitrogens is 1. The number of ether oxygens (including phenoxy) is 1. The Hall–Kier alpha value is -2.90. The summed E-state index contributed by atoms with van der Waals surface area (Å²) in [7, 11) is 1.53. The lowest BCUT2D eigenvalue weighted by Crippen LogP contribution is -2.20. The minimum absolute atomic E-state index is 0.216. The average molecular weight is 398 g/mol. The Kier molecular flexibility index (Phi) is 5.02. The van der Waals surface area contributed by atoms with Crippen LogP contribution in [-0.4, -0.2) is 24.2 Å². The number of fused-ring (bicyclic) bond motifs is 2. The maximum atomic E-state index is 14.4. The van der Waals surface area contributed by atoms with Crippen molar-refractivity contribution in [1.82, 2.24) is 4.57 Å². The van der Waals surface area contributed by atoms with Crippen LogP contribution in [0.3, 0.4) is 0 Å². The molecule has 4 rings (SSSR count). The number of halogens is 2. The van der Waals surface area contributed by atoms with E-state index >= 15 is 0 Å². The summed E-state index contributed by atoms with van der Waals surface area (Å²) in [5.74, 6) is -1.80. The molecule has 0 saturated carbocycles.